The van der Waals surface area contributed by atoms with Crippen LogP contribution in [-0.4, -0.2) is 25.2 Å². The molecule has 0 bridgehead atoms. The van der Waals surface area contributed by atoms with Crippen LogP contribution in [0.4, 0.5) is 4.39 Å². The predicted molar refractivity (Wildman–Crippen MR) is 85.4 cm³/mol. The molecule has 0 unspecified atom stereocenters. The highest BCUT2D eigenvalue weighted by Crippen LogP contribution is 2.20. The summed E-state index contributed by atoms with van der Waals surface area (Å²) >= 11 is 0. The van der Waals surface area contributed by atoms with Crippen LogP contribution in [0.3, 0.4) is 0 Å². The van der Waals surface area contributed by atoms with Crippen molar-refractivity contribution in [1.29, 1.82) is 0 Å². The lowest BCUT2D eigenvalue weighted by Gasteiger charge is -2.05. The molecule has 8 heteroatoms. The molecule has 0 aliphatic rings. The van der Waals surface area contributed by atoms with Gasteiger partial charge in [0.25, 0.3) is 0 Å². The van der Waals surface area contributed by atoms with Crippen molar-refractivity contribution in [2.75, 3.05) is 0 Å². The van der Waals surface area contributed by atoms with Crippen molar-refractivity contribution in [3.63, 3.8) is 0 Å². The standard InChI is InChI=1S/C17H12FN5O2/c18-13-3-1-12(2-4-13)17-20-14(10-25-17)9-24-16-7-5-15(6-8-16)23-11-19-21-22-23/h1-8,10-11H,9H2. The molecule has 0 atom stereocenters. The van der Waals surface area contributed by atoms with Gasteiger partial charge in [0, 0.05) is 5.56 Å². The Hall–Kier alpha value is -3.55. The highest BCUT2D eigenvalue weighted by Gasteiger charge is 2.08. The number of halogens is 1. The quantitative estimate of drug-likeness (QED) is 0.557. The Labute approximate surface area is 141 Å². The van der Waals surface area contributed by atoms with E-state index in [2.05, 4.69) is 20.5 Å². The molecule has 0 amide bonds. The summed E-state index contributed by atoms with van der Waals surface area (Å²) in [6.07, 6.45) is 3.04. The first-order valence-electron chi connectivity index (χ1n) is 7.44. The highest BCUT2D eigenvalue weighted by atomic mass is 19.1. The number of tetrazole rings is 1. The topological polar surface area (TPSA) is 78.9 Å². The average Bonchev–Trinajstić information content (AvgIpc) is 3.33. The van der Waals surface area contributed by atoms with E-state index in [1.54, 1.807) is 16.8 Å². The zero-order valence-corrected chi connectivity index (χ0v) is 12.9. The van der Waals surface area contributed by atoms with Crippen LogP contribution in [-0.2, 0) is 6.61 Å². The number of hydrogen-bond acceptors (Lipinski definition) is 6. The molecule has 0 radical (unpaired) electrons. The molecule has 4 rings (SSSR count). The average molecular weight is 337 g/mol. The maximum absolute atomic E-state index is 13.0. The molecule has 0 aliphatic heterocycles. The summed E-state index contributed by atoms with van der Waals surface area (Å²) in [5.74, 6) is 0.805. The molecule has 2 aromatic heterocycles. The van der Waals surface area contributed by atoms with Crippen LogP contribution in [0.5, 0.6) is 5.75 Å². The van der Waals surface area contributed by atoms with Crippen LogP contribution in [0.2, 0.25) is 0 Å². The number of aromatic nitrogens is 5. The van der Waals surface area contributed by atoms with Crippen molar-refractivity contribution in [3.8, 4) is 22.9 Å². The minimum atomic E-state index is -0.302. The van der Waals surface area contributed by atoms with E-state index in [1.165, 1.54) is 24.7 Å². The molecule has 0 fully saturated rings. The van der Waals surface area contributed by atoms with Gasteiger partial charge in [0.05, 0.1) is 5.69 Å². The van der Waals surface area contributed by atoms with Gasteiger partial charge in [0.2, 0.25) is 5.89 Å². The van der Waals surface area contributed by atoms with Crippen LogP contribution in [0.1, 0.15) is 5.69 Å². The lowest BCUT2D eigenvalue weighted by atomic mass is 10.2. The number of benzene rings is 2. The van der Waals surface area contributed by atoms with Gasteiger partial charge in [-0.3, -0.25) is 0 Å². The van der Waals surface area contributed by atoms with E-state index in [0.717, 1.165) is 5.69 Å². The summed E-state index contributed by atoms with van der Waals surface area (Å²) in [5.41, 5.74) is 2.18. The van der Waals surface area contributed by atoms with Gasteiger partial charge in [0.15, 0.2) is 0 Å². The lowest BCUT2D eigenvalue weighted by Crippen LogP contribution is -1.97. The van der Waals surface area contributed by atoms with Crippen molar-refractivity contribution in [3.05, 3.63) is 72.6 Å². The van der Waals surface area contributed by atoms with E-state index >= 15 is 0 Å². The fourth-order valence-corrected chi connectivity index (χ4v) is 2.23. The highest BCUT2D eigenvalue weighted by molar-refractivity contribution is 5.52. The largest absolute Gasteiger partial charge is 0.487 e. The monoisotopic (exact) mass is 337 g/mol. The third-order valence-corrected chi connectivity index (χ3v) is 3.48. The molecular formula is C17H12FN5O2. The fourth-order valence-electron chi connectivity index (χ4n) is 2.23. The Kier molecular flexibility index (Phi) is 3.91. The summed E-state index contributed by atoms with van der Waals surface area (Å²) < 4.78 is 25.6. The Morgan fingerprint density at radius 3 is 2.56 bits per heavy atom. The molecule has 0 aliphatic carbocycles. The van der Waals surface area contributed by atoms with E-state index in [1.807, 2.05) is 24.3 Å². The van der Waals surface area contributed by atoms with Crippen LogP contribution in [0.25, 0.3) is 17.1 Å². The minimum absolute atomic E-state index is 0.259. The summed E-state index contributed by atoms with van der Waals surface area (Å²) in [4.78, 5) is 4.34. The molecule has 124 valence electrons. The van der Waals surface area contributed by atoms with Crippen LogP contribution in [0.15, 0.2) is 65.5 Å². The van der Waals surface area contributed by atoms with Crippen molar-refractivity contribution < 1.29 is 13.5 Å². The van der Waals surface area contributed by atoms with E-state index < -0.39 is 0 Å². The SMILES string of the molecule is Fc1ccc(-c2nc(COc3ccc(-n4cnnn4)cc3)co2)cc1. The van der Waals surface area contributed by atoms with Gasteiger partial charge >= 0.3 is 0 Å². The molecule has 0 saturated heterocycles. The predicted octanol–water partition coefficient (Wildman–Crippen LogP) is 3.04. The smallest absolute Gasteiger partial charge is 0.226 e. The van der Waals surface area contributed by atoms with Crippen molar-refractivity contribution in [2.24, 2.45) is 0 Å². The normalized spacial score (nSPS) is 10.8. The second-order valence-electron chi connectivity index (χ2n) is 5.19. The van der Waals surface area contributed by atoms with Crippen LogP contribution in [0, 0.1) is 5.82 Å². The van der Waals surface area contributed by atoms with Gasteiger partial charge in [-0.15, -0.1) is 5.10 Å². The lowest BCUT2D eigenvalue weighted by molar-refractivity contribution is 0.301. The molecule has 4 aromatic rings. The molecule has 2 aromatic carbocycles. The zero-order valence-electron chi connectivity index (χ0n) is 12.9. The van der Waals surface area contributed by atoms with Gasteiger partial charge in [0.1, 0.15) is 36.5 Å². The number of oxazole rings is 1. The second kappa shape index (κ2) is 6.52. The minimum Gasteiger partial charge on any atom is -0.487 e. The third kappa shape index (κ3) is 3.37. The number of ether oxygens (including phenoxy) is 1. The van der Waals surface area contributed by atoms with Crippen LogP contribution < -0.4 is 4.74 Å². The number of hydrogen-bond donors (Lipinski definition) is 0. The van der Waals surface area contributed by atoms with Crippen molar-refractivity contribution >= 4 is 0 Å². The molecule has 7 nitrogen and oxygen atoms in total. The Bertz CT molecular complexity index is 950. The van der Waals surface area contributed by atoms with Gasteiger partial charge in [-0.25, -0.2) is 14.1 Å². The summed E-state index contributed by atoms with van der Waals surface area (Å²) in [7, 11) is 0. The molecule has 25 heavy (non-hydrogen) atoms. The Balaban J connectivity index is 1.41. The fraction of sp³-hybridized carbons (Fsp3) is 0.0588. The van der Waals surface area contributed by atoms with E-state index in [4.69, 9.17) is 9.15 Å². The van der Waals surface area contributed by atoms with E-state index in [0.29, 0.717) is 22.9 Å². The maximum atomic E-state index is 13.0. The van der Waals surface area contributed by atoms with Gasteiger partial charge < -0.3 is 9.15 Å². The molecule has 0 N–H and O–H groups in total. The van der Waals surface area contributed by atoms with Gasteiger partial charge in [-0.2, -0.15) is 0 Å². The summed E-state index contributed by atoms with van der Waals surface area (Å²) in [6, 6.07) is 13.3. The van der Waals surface area contributed by atoms with Crippen molar-refractivity contribution in [1.82, 2.24) is 25.2 Å². The second-order valence-corrected chi connectivity index (χ2v) is 5.19. The number of rotatable bonds is 5. The van der Waals surface area contributed by atoms with Gasteiger partial charge in [-0.1, -0.05) is 0 Å². The van der Waals surface area contributed by atoms with E-state index in [-0.39, 0.29) is 12.4 Å². The molecular weight excluding hydrogens is 325 g/mol. The first-order valence-corrected chi connectivity index (χ1v) is 7.44. The van der Waals surface area contributed by atoms with Gasteiger partial charge in [-0.05, 0) is 59.0 Å². The summed E-state index contributed by atoms with van der Waals surface area (Å²) in [5, 5.41) is 11.0. The zero-order chi connectivity index (χ0) is 17.1. The maximum Gasteiger partial charge on any atom is 0.226 e. The van der Waals surface area contributed by atoms with Crippen LogP contribution >= 0.6 is 0 Å². The first kappa shape index (κ1) is 15.0. The van der Waals surface area contributed by atoms with E-state index in [9.17, 15) is 4.39 Å². The first-order chi connectivity index (χ1) is 12.3. The molecule has 2 heterocycles. The Morgan fingerprint density at radius 2 is 1.84 bits per heavy atom. The molecule has 0 saturated carbocycles. The summed E-state index contributed by atoms with van der Waals surface area (Å²) in [6.45, 7) is 0.259. The Morgan fingerprint density at radius 1 is 1.04 bits per heavy atom. The van der Waals surface area contributed by atoms with Crippen molar-refractivity contribution in [2.45, 2.75) is 6.61 Å². The number of nitrogens with zero attached hydrogens (tertiary/aromatic N) is 5. The third-order valence-electron chi connectivity index (χ3n) is 3.48. The molecule has 0 spiro atoms.